The highest BCUT2D eigenvalue weighted by molar-refractivity contribution is 5.69. The summed E-state index contributed by atoms with van der Waals surface area (Å²) < 4.78 is 4.59. The molecule has 0 aromatic rings. The van der Waals surface area contributed by atoms with Gasteiger partial charge < -0.3 is 9.84 Å². The van der Waals surface area contributed by atoms with Crippen molar-refractivity contribution >= 4 is 5.97 Å². The van der Waals surface area contributed by atoms with Gasteiger partial charge in [0, 0.05) is 6.42 Å². The smallest absolute Gasteiger partial charge is 0.305 e. The zero-order chi connectivity index (χ0) is 9.61. The van der Waals surface area contributed by atoms with Crippen LogP contribution in [0, 0.1) is 0 Å². The van der Waals surface area contributed by atoms with Crippen LogP contribution >= 0.6 is 0 Å². The minimum absolute atomic E-state index is 0.00231. The topological polar surface area (TPSA) is 76.0 Å². The summed E-state index contributed by atoms with van der Waals surface area (Å²) in [7, 11) is 0. The lowest BCUT2D eigenvalue weighted by Crippen LogP contribution is -2.27. The minimum Gasteiger partial charge on any atom is -0.466 e. The summed E-state index contributed by atoms with van der Waals surface area (Å²) in [5.74, 6) is -2.10. The van der Waals surface area contributed by atoms with Crippen LogP contribution in [0.5, 0.6) is 0 Å². The van der Waals surface area contributed by atoms with Gasteiger partial charge in [0.2, 0.25) is 0 Å². The van der Waals surface area contributed by atoms with Crippen LogP contribution in [0.15, 0.2) is 0 Å². The van der Waals surface area contributed by atoms with Crippen LogP contribution in [0.4, 0.5) is 0 Å². The predicted molar refractivity (Wildman–Crippen MR) is 40.2 cm³/mol. The molecule has 2 N–H and O–H groups in total. The number of carbonyl (C=O) groups is 1. The van der Waals surface area contributed by atoms with Crippen molar-refractivity contribution in [2.75, 3.05) is 6.61 Å². The van der Waals surface area contributed by atoms with E-state index in [0.29, 0.717) is 6.61 Å². The number of esters is 1. The van der Waals surface area contributed by atoms with E-state index in [4.69, 9.17) is 10.4 Å². The molecule has 0 aromatic carbocycles. The highest BCUT2D eigenvalue weighted by Gasteiger charge is 2.22. The number of aliphatic hydroxyl groups is 1. The van der Waals surface area contributed by atoms with Crippen molar-refractivity contribution in [1.82, 2.24) is 0 Å². The summed E-state index contributed by atoms with van der Waals surface area (Å²) in [4.78, 5) is 14.4. The summed E-state index contributed by atoms with van der Waals surface area (Å²) in [6.45, 7) is 3.26. The Morgan fingerprint density at radius 3 is 2.58 bits per heavy atom. The zero-order valence-electron chi connectivity index (χ0n) is 7.24. The van der Waals surface area contributed by atoms with E-state index in [1.54, 1.807) is 6.92 Å². The van der Waals surface area contributed by atoms with E-state index in [-0.39, 0.29) is 12.8 Å². The molecule has 5 nitrogen and oxygen atoms in total. The molecule has 72 valence electrons. The first-order valence-electron chi connectivity index (χ1n) is 3.72. The van der Waals surface area contributed by atoms with Gasteiger partial charge in [0.15, 0.2) is 5.79 Å². The molecule has 0 rings (SSSR count). The van der Waals surface area contributed by atoms with Crippen LogP contribution < -0.4 is 0 Å². The van der Waals surface area contributed by atoms with Gasteiger partial charge in [-0.1, -0.05) is 0 Å². The van der Waals surface area contributed by atoms with Crippen LogP contribution in [0.1, 0.15) is 26.7 Å². The number of ether oxygens (including phenoxy) is 1. The second kappa shape index (κ2) is 5.08. The average molecular weight is 178 g/mol. The van der Waals surface area contributed by atoms with Crippen molar-refractivity contribution in [3.63, 3.8) is 0 Å². The van der Waals surface area contributed by atoms with Crippen LogP contribution in [0.3, 0.4) is 0 Å². The third-order valence-corrected chi connectivity index (χ3v) is 1.29. The molecule has 0 spiro atoms. The summed E-state index contributed by atoms with van der Waals surface area (Å²) in [6.07, 6.45) is 0.0176. The molecular formula is C7H14O5. The molecule has 0 saturated heterocycles. The lowest BCUT2D eigenvalue weighted by molar-refractivity contribution is -0.386. The minimum atomic E-state index is -1.67. The Bertz CT molecular complexity index is 143. The highest BCUT2D eigenvalue weighted by Crippen LogP contribution is 2.12. The fourth-order valence-electron chi connectivity index (χ4n) is 0.613. The number of rotatable bonds is 5. The van der Waals surface area contributed by atoms with Gasteiger partial charge >= 0.3 is 5.97 Å². The summed E-state index contributed by atoms with van der Waals surface area (Å²) in [5, 5.41) is 17.2. The largest absolute Gasteiger partial charge is 0.466 e. The predicted octanol–water partition coefficient (Wildman–Crippen LogP) is 0.528. The van der Waals surface area contributed by atoms with Crippen molar-refractivity contribution in [2.45, 2.75) is 32.5 Å². The second-order valence-electron chi connectivity index (χ2n) is 2.57. The molecule has 1 unspecified atom stereocenters. The molecule has 0 radical (unpaired) electrons. The normalized spacial score (nSPS) is 15.3. The SMILES string of the molecule is CCOC(=O)CCC(C)(O)OO. The molecule has 0 amide bonds. The third-order valence-electron chi connectivity index (χ3n) is 1.29. The van der Waals surface area contributed by atoms with Gasteiger partial charge in [0.25, 0.3) is 0 Å². The molecule has 5 heteroatoms. The lowest BCUT2D eigenvalue weighted by atomic mass is 10.2. The van der Waals surface area contributed by atoms with Crippen LogP contribution in [0.25, 0.3) is 0 Å². The Morgan fingerprint density at radius 1 is 1.58 bits per heavy atom. The van der Waals surface area contributed by atoms with Crippen molar-refractivity contribution < 1.29 is 24.8 Å². The number of hydrogen-bond acceptors (Lipinski definition) is 5. The van der Waals surface area contributed by atoms with Crippen molar-refractivity contribution in [2.24, 2.45) is 0 Å². The zero-order valence-corrected chi connectivity index (χ0v) is 7.24. The standard InChI is InChI=1S/C7H14O5/c1-3-11-6(8)4-5-7(2,9)12-10/h9-10H,3-5H2,1-2H3. The fourth-order valence-corrected chi connectivity index (χ4v) is 0.613. The molecule has 0 heterocycles. The van der Waals surface area contributed by atoms with E-state index < -0.39 is 11.8 Å². The van der Waals surface area contributed by atoms with Gasteiger partial charge in [0.1, 0.15) is 0 Å². The van der Waals surface area contributed by atoms with Gasteiger partial charge in [-0.25, -0.2) is 10.1 Å². The first-order valence-corrected chi connectivity index (χ1v) is 3.72. The van der Waals surface area contributed by atoms with E-state index in [2.05, 4.69) is 9.62 Å². The quantitative estimate of drug-likeness (QED) is 0.278. The average Bonchev–Trinajstić information content (AvgIpc) is 2.02. The molecule has 12 heavy (non-hydrogen) atoms. The lowest BCUT2D eigenvalue weighted by Gasteiger charge is -2.17. The monoisotopic (exact) mass is 178 g/mol. The molecule has 0 fully saturated rings. The Kier molecular flexibility index (Phi) is 4.80. The highest BCUT2D eigenvalue weighted by atomic mass is 17.1. The first-order chi connectivity index (χ1) is 5.52. The molecule has 0 aliphatic rings. The van der Waals surface area contributed by atoms with Gasteiger partial charge in [0.05, 0.1) is 13.0 Å². The van der Waals surface area contributed by atoms with Gasteiger partial charge in [-0.3, -0.25) is 4.79 Å². The van der Waals surface area contributed by atoms with Crippen LogP contribution in [-0.4, -0.2) is 28.7 Å². The summed E-state index contributed by atoms with van der Waals surface area (Å²) >= 11 is 0. The summed E-state index contributed by atoms with van der Waals surface area (Å²) in [6, 6.07) is 0. The fraction of sp³-hybridized carbons (Fsp3) is 0.857. The Morgan fingerprint density at radius 2 is 2.17 bits per heavy atom. The van der Waals surface area contributed by atoms with Crippen molar-refractivity contribution in [3.05, 3.63) is 0 Å². The van der Waals surface area contributed by atoms with Gasteiger partial charge in [-0.15, -0.1) is 0 Å². The van der Waals surface area contributed by atoms with Crippen molar-refractivity contribution in [1.29, 1.82) is 0 Å². The van der Waals surface area contributed by atoms with E-state index in [1.165, 1.54) is 6.92 Å². The Hall–Kier alpha value is -0.650. The molecule has 1 atom stereocenters. The van der Waals surface area contributed by atoms with Gasteiger partial charge in [-0.2, -0.15) is 0 Å². The maximum Gasteiger partial charge on any atom is 0.305 e. The summed E-state index contributed by atoms with van der Waals surface area (Å²) in [5.41, 5.74) is 0. The maximum absolute atomic E-state index is 10.7. The molecule has 0 aromatic heterocycles. The Labute approximate surface area is 70.8 Å². The van der Waals surface area contributed by atoms with Gasteiger partial charge in [-0.05, 0) is 13.8 Å². The second-order valence-corrected chi connectivity index (χ2v) is 2.57. The van der Waals surface area contributed by atoms with Crippen molar-refractivity contribution in [3.8, 4) is 0 Å². The molecule has 0 bridgehead atoms. The van der Waals surface area contributed by atoms with Crippen LogP contribution in [0.2, 0.25) is 0 Å². The number of hydrogen-bond donors (Lipinski definition) is 2. The number of carbonyl (C=O) groups excluding carboxylic acids is 1. The first kappa shape index (κ1) is 11.4. The molecule has 0 aliphatic heterocycles. The molecule has 0 saturated carbocycles. The Balaban J connectivity index is 3.60. The van der Waals surface area contributed by atoms with E-state index >= 15 is 0 Å². The van der Waals surface area contributed by atoms with E-state index in [9.17, 15) is 4.79 Å². The van der Waals surface area contributed by atoms with Crippen LogP contribution in [-0.2, 0) is 14.4 Å². The third kappa shape index (κ3) is 5.06. The maximum atomic E-state index is 10.7. The molecular weight excluding hydrogens is 164 g/mol. The van der Waals surface area contributed by atoms with E-state index in [1.807, 2.05) is 0 Å². The molecule has 0 aliphatic carbocycles. The van der Waals surface area contributed by atoms with E-state index in [0.717, 1.165) is 0 Å².